The molecule has 386 valence electrons. The maximum absolute atomic E-state index is 12.7. The highest BCUT2D eigenvalue weighted by molar-refractivity contribution is 5.74. The first-order chi connectivity index (χ1) is 31.3. The van der Waals surface area contributed by atoms with E-state index < -0.39 is 202 Å². The van der Waals surface area contributed by atoms with E-state index in [0.29, 0.717) is 0 Å². The molecule has 31 nitrogen and oxygen atoms in total. The molecule has 0 bridgehead atoms. The summed E-state index contributed by atoms with van der Waals surface area (Å²) in [5.74, 6) is -5.67. The number of carbonyl (C=O) groups is 3. The zero-order valence-electron chi connectivity index (χ0n) is 35.1. The first kappa shape index (κ1) is 53.8. The van der Waals surface area contributed by atoms with Crippen molar-refractivity contribution < 1.29 is 153 Å². The molecule has 0 aromatic heterocycles. The number of aliphatic carboxylic acids is 3. The van der Waals surface area contributed by atoms with Gasteiger partial charge < -0.3 is 139 Å². The monoisotopic (exact) mass is 984 g/mol. The lowest BCUT2D eigenvalue weighted by molar-refractivity contribution is -0.399. The molecule has 6 saturated heterocycles. The first-order valence-corrected chi connectivity index (χ1v) is 20.7. The molecule has 0 unspecified atom stereocenters. The summed E-state index contributed by atoms with van der Waals surface area (Å²) in [6.07, 6.45) is -62.0. The van der Waals surface area contributed by atoms with Gasteiger partial charge in [0.1, 0.15) is 110 Å². The van der Waals surface area contributed by atoms with Crippen molar-refractivity contribution in [3.8, 4) is 0 Å². The third-order valence-electron chi connectivity index (χ3n) is 12.2. The Bertz CT molecular complexity index is 1700. The molecule has 31 heteroatoms. The lowest BCUT2D eigenvalue weighted by Gasteiger charge is -2.49. The van der Waals surface area contributed by atoms with E-state index in [1.165, 1.54) is 20.8 Å². The number of rotatable bonds is 13. The van der Waals surface area contributed by atoms with Gasteiger partial charge >= 0.3 is 17.9 Å². The summed E-state index contributed by atoms with van der Waals surface area (Å²) in [5.41, 5.74) is 0. The van der Waals surface area contributed by atoms with Crippen LogP contribution in [0, 0.1) is 0 Å². The van der Waals surface area contributed by atoms with Crippen LogP contribution < -0.4 is 0 Å². The molecule has 0 aromatic rings. The molecule has 6 aliphatic heterocycles. The highest BCUT2D eigenvalue weighted by atomic mass is 16.8. The zero-order chi connectivity index (χ0) is 49.8. The topological polar surface area (TPSA) is 497 Å². The zero-order valence-corrected chi connectivity index (χ0v) is 35.1. The third-order valence-corrected chi connectivity index (χ3v) is 12.2. The second-order valence-electron chi connectivity index (χ2n) is 16.8. The van der Waals surface area contributed by atoms with Gasteiger partial charge in [-0.3, -0.25) is 0 Å². The summed E-state index contributed by atoms with van der Waals surface area (Å²) in [7, 11) is 0. The van der Waals surface area contributed by atoms with Crippen LogP contribution in [0.3, 0.4) is 0 Å². The molecule has 6 rings (SSSR count). The normalized spacial score (nSPS) is 53.1. The van der Waals surface area contributed by atoms with Crippen LogP contribution in [0.15, 0.2) is 0 Å². The maximum Gasteiger partial charge on any atom is 0.335 e. The van der Waals surface area contributed by atoms with Crippen LogP contribution in [-0.2, 0) is 66.5 Å². The number of ether oxygens (including phenoxy) is 11. The smallest absolute Gasteiger partial charge is 0.335 e. The molecule has 0 aliphatic carbocycles. The van der Waals surface area contributed by atoms with E-state index in [4.69, 9.17) is 52.1 Å². The van der Waals surface area contributed by atoms with Crippen molar-refractivity contribution in [1.82, 2.24) is 0 Å². The first-order valence-electron chi connectivity index (χ1n) is 20.7. The summed E-state index contributed by atoms with van der Waals surface area (Å²) >= 11 is 0. The number of aliphatic hydroxyl groups is 14. The molecule has 30 atom stereocenters. The Hall–Kier alpha value is -2.59. The molecule has 17 N–H and O–H groups in total. The number of carboxylic acids is 3. The summed E-state index contributed by atoms with van der Waals surface area (Å²) in [5, 5.41) is 180. The van der Waals surface area contributed by atoms with Gasteiger partial charge in [0.15, 0.2) is 56.1 Å². The molecule has 0 spiro atoms. The molecule has 0 saturated carbocycles. The lowest BCUT2D eigenvalue weighted by Crippen LogP contribution is -2.68. The molecule has 6 aliphatic rings. The Morgan fingerprint density at radius 2 is 0.582 bits per heavy atom. The van der Waals surface area contributed by atoms with E-state index >= 15 is 0 Å². The van der Waals surface area contributed by atoms with Gasteiger partial charge in [0.05, 0.1) is 18.3 Å². The van der Waals surface area contributed by atoms with Gasteiger partial charge in [-0.05, 0) is 20.8 Å². The molecule has 6 heterocycles. The van der Waals surface area contributed by atoms with Crippen LogP contribution in [0.25, 0.3) is 0 Å². The van der Waals surface area contributed by atoms with E-state index in [2.05, 4.69) is 0 Å². The van der Waals surface area contributed by atoms with Crippen LogP contribution in [0.2, 0.25) is 0 Å². The SMILES string of the molecule is C[C@@H]1O[C@H](O)[C@H](O[C@H]2O[C@H](C(=O)O)[C@H](O[C@@H]3O[C@@H](C)[C@H](O)[C@@H](O)[C@H]3O[C@H]3O[C@H](C(=O)O)[C@H](O[C@@H]4O[C@@H](C)[C@H](O)[C@@H](O)[C@H]4O[C@H]4O[C@H](C(=O)O)[C@H](O)[C@H](O)[C@H]4O)[C@H](O)[C@H]3O)[C@H](O)[C@H]2O)[C@H](O)[C@H]1O. The molecule has 67 heavy (non-hydrogen) atoms. The van der Waals surface area contributed by atoms with Gasteiger partial charge in [0, 0.05) is 0 Å². The second kappa shape index (κ2) is 21.4. The fourth-order valence-electron chi connectivity index (χ4n) is 8.22. The van der Waals surface area contributed by atoms with Gasteiger partial charge in [-0.1, -0.05) is 0 Å². The van der Waals surface area contributed by atoms with Crippen molar-refractivity contribution >= 4 is 17.9 Å². The summed E-state index contributed by atoms with van der Waals surface area (Å²) in [4.78, 5) is 36.8. The van der Waals surface area contributed by atoms with E-state index in [1.807, 2.05) is 0 Å². The highest BCUT2D eigenvalue weighted by Gasteiger charge is 2.59. The van der Waals surface area contributed by atoms with E-state index in [1.54, 1.807) is 0 Å². The van der Waals surface area contributed by atoms with Gasteiger partial charge in [0.2, 0.25) is 0 Å². The molecular weight excluding hydrogens is 928 g/mol. The van der Waals surface area contributed by atoms with E-state index in [-0.39, 0.29) is 0 Å². The quantitative estimate of drug-likeness (QED) is 0.0815. The minimum absolute atomic E-state index is 1.10. The number of aliphatic hydroxyl groups excluding tert-OH is 14. The Morgan fingerprint density at radius 3 is 0.955 bits per heavy atom. The predicted molar refractivity (Wildman–Crippen MR) is 197 cm³/mol. The minimum Gasteiger partial charge on any atom is -0.479 e. The highest BCUT2D eigenvalue weighted by Crippen LogP contribution is 2.37. The maximum atomic E-state index is 12.7. The molecule has 0 radical (unpaired) electrons. The Labute approximate surface area is 376 Å². The fraction of sp³-hybridized carbons (Fsp3) is 0.917. The second-order valence-corrected chi connectivity index (χ2v) is 16.8. The fourth-order valence-corrected chi connectivity index (χ4v) is 8.22. The van der Waals surface area contributed by atoms with Crippen LogP contribution in [-0.4, -0.2) is 289 Å². The van der Waals surface area contributed by atoms with Gasteiger partial charge in [-0.25, -0.2) is 14.4 Å². The standard InChI is InChI=1S/C36H56O31/c1-4-7(37)11(41)23(31(56)57-4)63-33-18(48)15(45)20(26(66-33)29(52)53)60-36-25(13(43)9(39)6(3)59-36)65-34-19(49)16(46)21(27(67-34)30(54)55)61-35-24(12(42)8(38)5(2)58-35)64-32-17(47)10(40)14(44)22(62-32)28(50)51/h4-27,31-49,56H,1-3H3,(H,50,51)(H,52,53)(H,54,55)/t4-,5-,6-,7-,8-,9-,10-,11+,12+,13+,14+,15+,16+,17+,18+,19+,20+,21+,22-,23+,24+,25+,26-,27-,31-,32+,33-,34-,35-,36-/m0/s1. The van der Waals surface area contributed by atoms with Crippen LogP contribution in [0.4, 0.5) is 0 Å². The van der Waals surface area contributed by atoms with Crippen LogP contribution in [0.1, 0.15) is 20.8 Å². The van der Waals surface area contributed by atoms with Gasteiger partial charge in [-0.15, -0.1) is 0 Å². The Balaban J connectivity index is 1.20. The predicted octanol–water partition coefficient (Wildman–Crippen LogP) is -10.7. The van der Waals surface area contributed by atoms with Crippen molar-refractivity contribution in [3.05, 3.63) is 0 Å². The third kappa shape index (κ3) is 10.7. The van der Waals surface area contributed by atoms with Gasteiger partial charge in [-0.2, -0.15) is 0 Å². The largest absolute Gasteiger partial charge is 0.479 e. The average molecular weight is 985 g/mol. The van der Waals surface area contributed by atoms with E-state index in [0.717, 1.165) is 0 Å². The molecule has 0 amide bonds. The molecule has 0 aromatic carbocycles. The average Bonchev–Trinajstić information content (AvgIpc) is 3.26. The summed E-state index contributed by atoms with van der Waals surface area (Å²) in [6, 6.07) is 0. The van der Waals surface area contributed by atoms with Crippen molar-refractivity contribution in [2.45, 2.75) is 205 Å². The van der Waals surface area contributed by atoms with Crippen molar-refractivity contribution in [2.24, 2.45) is 0 Å². The lowest BCUT2D eigenvalue weighted by atomic mass is 9.95. The number of carboxylic acid groups (broad SMARTS) is 3. The van der Waals surface area contributed by atoms with Crippen molar-refractivity contribution in [3.63, 3.8) is 0 Å². The number of hydrogen-bond donors (Lipinski definition) is 17. The molecule has 6 fully saturated rings. The van der Waals surface area contributed by atoms with Crippen molar-refractivity contribution in [1.29, 1.82) is 0 Å². The Morgan fingerprint density at radius 1 is 0.299 bits per heavy atom. The van der Waals surface area contributed by atoms with Crippen molar-refractivity contribution in [2.75, 3.05) is 0 Å². The van der Waals surface area contributed by atoms with E-state index in [9.17, 15) is 101 Å². The molecular formula is C36H56O31. The van der Waals surface area contributed by atoms with Gasteiger partial charge in [0.25, 0.3) is 0 Å². The minimum atomic E-state index is -2.44. The summed E-state index contributed by atoms with van der Waals surface area (Å²) < 4.78 is 59.9. The van der Waals surface area contributed by atoms with Crippen LogP contribution in [0.5, 0.6) is 0 Å². The number of hydrogen-bond acceptors (Lipinski definition) is 28. The Kier molecular flexibility index (Phi) is 17.2. The summed E-state index contributed by atoms with van der Waals surface area (Å²) in [6.45, 7) is 3.69. The van der Waals surface area contributed by atoms with Crippen LogP contribution >= 0.6 is 0 Å².